The molecule has 2 aromatic carbocycles. The van der Waals surface area contributed by atoms with Crippen LogP contribution in [0, 0.1) is 0 Å². The molecular weight excluding hydrogens is 510 g/mol. The third-order valence-corrected chi connectivity index (χ3v) is 6.74. The molecule has 0 saturated carbocycles. The second kappa shape index (κ2) is 10.1. The van der Waals surface area contributed by atoms with Crippen LogP contribution < -0.4 is 14.3 Å². The van der Waals surface area contributed by atoms with Gasteiger partial charge in [-0.3, -0.25) is 4.99 Å². The Morgan fingerprint density at radius 2 is 1.91 bits per heavy atom. The van der Waals surface area contributed by atoms with Crippen LogP contribution >= 0.6 is 38.6 Å². The number of carbonyl (C=O) groups excluding carboxylic acids is 1. The average Bonchev–Trinajstić information content (AvgIpc) is 3.49. The molecule has 0 saturated heterocycles. The Kier molecular flexibility index (Phi) is 6.99. The highest BCUT2D eigenvalue weighted by Crippen LogP contribution is 2.29. The molecule has 162 valence electrons. The zero-order valence-electron chi connectivity index (χ0n) is 17.2. The minimum atomic E-state index is -0.415. The van der Waals surface area contributed by atoms with Gasteiger partial charge in [0.2, 0.25) is 4.80 Å². The Morgan fingerprint density at radius 1 is 1.09 bits per heavy atom. The molecular formula is C23H18BrN3O3S2. The number of thiophene rings is 1. The minimum absolute atomic E-state index is 0.353. The molecule has 0 aliphatic heterocycles. The van der Waals surface area contributed by atoms with Crippen LogP contribution in [-0.4, -0.2) is 31.0 Å². The number of methoxy groups -OCH3 is 1. The molecule has 0 unspecified atom stereocenters. The number of esters is 1. The summed E-state index contributed by atoms with van der Waals surface area (Å²) in [4.78, 5) is 17.9. The molecule has 4 rings (SSSR count). The quantitative estimate of drug-likeness (QED) is 0.184. The molecule has 0 fully saturated rings. The molecule has 6 nitrogen and oxygen atoms in total. The first kappa shape index (κ1) is 22.2. The van der Waals surface area contributed by atoms with Gasteiger partial charge in [-0.15, -0.1) is 22.7 Å². The lowest BCUT2D eigenvalue weighted by Crippen LogP contribution is -2.11. The summed E-state index contributed by atoms with van der Waals surface area (Å²) in [6.07, 6.45) is 1.72. The first-order valence-electron chi connectivity index (χ1n) is 9.46. The SMILES string of the molecule is CN=c1scc(-c2ccc(Br)cc2)n1N=Cc1ccc(OC(=O)c2cccs2)c(OC)c1. The predicted molar refractivity (Wildman–Crippen MR) is 132 cm³/mol. The summed E-state index contributed by atoms with van der Waals surface area (Å²) in [5, 5.41) is 8.50. The Bertz CT molecular complexity index is 1320. The van der Waals surface area contributed by atoms with Crippen LogP contribution in [0.1, 0.15) is 15.2 Å². The molecule has 0 aliphatic carbocycles. The Morgan fingerprint density at radius 3 is 2.59 bits per heavy atom. The third-order valence-electron chi connectivity index (χ3n) is 4.45. The van der Waals surface area contributed by atoms with Crippen molar-refractivity contribution < 1.29 is 14.3 Å². The summed E-state index contributed by atoms with van der Waals surface area (Å²) in [7, 11) is 3.27. The van der Waals surface area contributed by atoms with E-state index in [1.54, 1.807) is 42.2 Å². The summed E-state index contributed by atoms with van der Waals surface area (Å²) in [5.74, 6) is 0.385. The fourth-order valence-electron chi connectivity index (χ4n) is 2.90. The van der Waals surface area contributed by atoms with Crippen LogP contribution in [0.5, 0.6) is 11.5 Å². The molecule has 0 amide bonds. The molecule has 0 aliphatic rings. The molecule has 2 heterocycles. The summed E-state index contributed by atoms with van der Waals surface area (Å²) < 4.78 is 13.7. The lowest BCUT2D eigenvalue weighted by atomic mass is 10.2. The smallest absolute Gasteiger partial charge is 0.353 e. The van der Waals surface area contributed by atoms with E-state index in [9.17, 15) is 4.79 Å². The standard InChI is InChI=1S/C23H18BrN3O3S2/c1-25-23-27(18(14-32-23)16-6-8-17(24)9-7-16)26-13-15-5-10-19(20(12-15)29-2)30-22(28)21-4-3-11-31-21/h3-14H,1-2H3. The van der Waals surface area contributed by atoms with E-state index in [2.05, 4.69) is 26.0 Å². The molecule has 0 N–H and O–H groups in total. The number of halogens is 1. The first-order valence-corrected chi connectivity index (χ1v) is 12.0. The van der Waals surface area contributed by atoms with Crippen molar-refractivity contribution in [3.8, 4) is 22.8 Å². The van der Waals surface area contributed by atoms with Gasteiger partial charge in [0.15, 0.2) is 11.5 Å². The second-order valence-electron chi connectivity index (χ2n) is 6.47. The van der Waals surface area contributed by atoms with E-state index in [0.29, 0.717) is 16.4 Å². The first-order chi connectivity index (χ1) is 15.6. The maximum atomic E-state index is 12.3. The van der Waals surface area contributed by atoms with E-state index in [4.69, 9.17) is 9.47 Å². The predicted octanol–water partition coefficient (Wildman–Crippen LogP) is 5.68. The zero-order chi connectivity index (χ0) is 22.5. The van der Waals surface area contributed by atoms with Gasteiger partial charge in [0, 0.05) is 22.5 Å². The summed E-state index contributed by atoms with van der Waals surface area (Å²) in [6.45, 7) is 0. The fraction of sp³-hybridized carbons (Fsp3) is 0.0870. The molecule has 9 heteroatoms. The van der Waals surface area contributed by atoms with E-state index >= 15 is 0 Å². The van der Waals surface area contributed by atoms with Gasteiger partial charge in [-0.05, 0) is 47.3 Å². The van der Waals surface area contributed by atoms with Crippen LogP contribution in [0.25, 0.3) is 11.3 Å². The van der Waals surface area contributed by atoms with Crippen LogP contribution in [0.3, 0.4) is 0 Å². The van der Waals surface area contributed by atoms with Crippen LogP contribution in [0.2, 0.25) is 0 Å². The number of hydrogen-bond acceptors (Lipinski definition) is 7. The molecule has 4 aromatic rings. The highest BCUT2D eigenvalue weighted by atomic mass is 79.9. The summed E-state index contributed by atoms with van der Waals surface area (Å²) >= 11 is 6.31. The highest BCUT2D eigenvalue weighted by molar-refractivity contribution is 9.10. The van der Waals surface area contributed by atoms with E-state index in [0.717, 1.165) is 26.1 Å². The van der Waals surface area contributed by atoms with Crippen LogP contribution in [-0.2, 0) is 0 Å². The van der Waals surface area contributed by atoms with Crippen molar-refractivity contribution in [2.75, 3.05) is 14.2 Å². The second-order valence-corrected chi connectivity index (χ2v) is 9.17. The van der Waals surface area contributed by atoms with E-state index in [-0.39, 0.29) is 0 Å². The third kappa shape index (κ3) is 4.90. The van der Waals surface area contributed by atoms with Gasteiger partial charge in [0.25, 0.3) is 0 Å². The van der Waals surface area contributed by atoms with Crippen LogP contribution in [0.4, 0.5) is 0 Å². The van der Waals surface area contributed by atoms with Gasteiger partial charge in [-0.25, -0.2) is 9.47 Å². The maximum absolute atomic E-state index is 12.3. The Balaban J connectivity index is 1.62. The number of thiazole rings is 1. The van der Waals surface area contributed by atoms with Gasteiger partial charge in [0.1, 0.15) is 4.88 Å². The Labute approximate surface area is 201 Å². The Hall–Kier alpha value is -3.01. The zero-order valence-corrected chi connectivity index (χ0v) is 20.4. The van der Waals surface area contributed by atoms with Crippen LogP contribution in [0.15, 0.2) is 79.9 Å². The summed E-state index contributed by atoms with van der Waals surface area (Å²) in [5.41, 5.74) is 2.76. The van der Waals surface area contributed by atoms with E-state index in [1.807, 2.05) is 41.1 Å². The van der Waals surface area contributed by atoms with E-state index < -0.39 is 5.97 Å². The monoisotopic (exact) mass is 527 g/mol. The normalized spacial score (nSPS) is 11.8. The van der Waals surface area contributed by atoms with Crippen molar-refractivity contribution in [2.45, 2.75) is 0 Å². The number of rotatable bonds is 6. The number of aromatic nitrogens is 1. The fourth-order valence-corrected chi connectivity index (χ4v) is 4.57. The number of benzene rings is 2. The number of nitrogens with zero attached hydrogens (tertiary/aromatic N) is 3. The number of ether oxygens (including phenoxy) is 2. The average molecular weight is 528 g/mol. The van der Waals surface area contributed by atoms with Gasteiger partial charge < -0.3 is 9.47 Å². The van der Waals surface area contributed by atoms with Crippen molar-refractivity contribution in [3.05, 3.63) is 85.1 Å². The van der Waals surface area contributed by atoms with Crippen molar-refractivity contribution in [1.29, 1.82) is 0 Å². The minimum Gasteiger partial charge on any atom is -0.493 e. The number of hydrogen-bond donors (Lipinski definition) is 0. The van der Waals surface area contributed by atoms with E-state index in [1.165, 1.54) is 29.8 Å². The molecule has 0 atom stereocenters. The van der Waals surface area contributed by atoms with Crippen molar-refractivity contribution in [1.82, 2.24) is 4.68 Å². The highest BCUT2D eigenvalue weighted by Gasteiger charge is 2.14. The van der Waals surface area contributed by atoms with Crippen molar-refractivity contribution in [3.63, 3.8) is 0 Å². The molecule has 0 radical (unpaired) electrons. The molecule has 0 bridgehead atoms. The van der Waals surface area contributed by atoms with Gasteiger partial charge in [-0.2, -0.15) is 5.10 Å². The molecule has 2 aromatic heterocycles. The maximum Gasteiger partial charge on any atom is 0.353 e. The van der Waals surface area contributed by atoms with Gasteiger partial charge in [-0.1, -0.05) is 34.1 Å². The summed E-state index contributed by atoms with van der Waals surface area (Å²) in [6, 6.07) is 16.8. The topological polar surface area (TPSA) is 65.2 Å². The lowest BCUT2D eigenvalue weighted by molar-refractivity contribution is 0.0735. The van der Waals surface area contributed by atoms with Gasteiger partial charge in [0.05, 0.1) is 19.0 Å². The molecule has 32 heavy (non-hydrogen) atoms. The lowest BCUT2D eigenvalue weighted by Gasteiger charge is -2.09. The van der Waals surface area contributed by atoms with Crippen molar-refractivity contribution in [2.24, 2.45) is 10.1 Å². The largest absolute Gasteiger partial charge is 0.493 e. The molecule has 0 spiro atoms. The van der Waals surface area contributed by atoms with Crippen molar-refractivity contribution >= 4 is 50.8 Å². The number of carbonyl (C=O) groups is 1. The van der Waals surface area contributed by atoms with Gasteiger partial charge >= 0.3 is 5.97 Å².